The summed E-state index contributed by atoms with van der Waals surface area (Å²) in [5, 5.41) is 12.7. The number of benzene rings is 2. The molecule has 0 aromatic heterocycles. The van der Waals surface area contributed by atoms with Crippen molar-refractivity contribution in [2.24, 2.45) is 0 Å². The van der Waals surface area contributed by atoms with Gasteiger partial charge >= 0.3 is 0 Å². The fourth-order valence-corrected chi connectivity index (χ4v) is 2.69. The van der Waals surface area contributed by atoms with Crippen LogP contribution in [0.3, 0.4) is 0 Å². The Kier molecular flexibility index (Phi) is 5.09. The Balaban J connectivity index is 2.24. The lowest BCUT2D eigenvalue weighted by molar-refractivity contribution is 0.922. The van der Waals surface area contributed by atoms with E-state index in [-0.39, 0.29) is 0 Å². The fraction of sp³-hybridized carbons (Fsp3) is 0.235. The van der Waals surface area contributed by atoms with Crippen LogP contribution in [0.2, 0.25) is 0 Å². The van der Waals surface area contributed by atoms with Crippen LogP contribution in [0.25, 0.3) is 0 Å². The van der Waals surface area contributed by atoms with Gasteiger partial charge < -0.3 is 5.32 Å². The van der Waals surface area contributed by atoms with Crippen LogP contribution < -0.4 is 5.32 Å². The molecule has 0 radical (unpaired) electrons. The molecule has 2 rings (SSSR count). The van der Waals surface area contributed by atoms with Gasteiger partial charge in [-0.2, -0.15) is 5.26 Å². The number of aryl methyl sites for hydroxylation is 1. The van der Waals surface area contributed by atoms with E-state index in [1.807, 2.05) is 24.5 Å². The highest BCUT2D eigenvalue weighted by Crippen LogP contribution is 2.28. The number of hydrogen-bond donors (Lipinski definition) is 1. The maximum Gasteiger partial charge on any atom is 0.103 e. The molecule has 0 aliphatic heterocycles. The van der Waals surface area contributed by atoms with Crippen molar-refractivity contribution in [1.29, 1.82) is 5.26 Å². The Morgan fingerprint density at radius 2 is 1.90 bits per heavy atom. The second kappa shape index (κ2) is 7.02. The summed E-state index contributed by atoms with van der Waals surface area (Å²) in [7, 11) is 0. The molecule has 0 atom stereocenters. The standard InChI is InChI=1S/C17H18N2S/c1-3-5-13-8-10-14(11-9-13)19-16-6-4-7-17(20-2)15(16)12-18/h4,6-11,19H,3,5H2,1-2H3. The predicted molar refractivity (Wildman–Crippen MR) is 86.7 cm³/mol. The maximum absolute atomic E-state index is 9.32. The number of nitrogens with zero attached hydrogens (tertiary/aromatic N) is 1. The van der Waals surface area contributed by atoms with Crippen molar-refractivity contribution in [3.05, 3.63) is 53.6 Å². The minimum Gasteiger partial charge on any atom is -0.354 e. The highest BCUT2D eigenvalue weighted by molar-refractivity contribution is 7.98. The van der Waals surface area contributed by atoms with Gasteiger partial charge in [0.2, 0.25) is 0 Å². The van der Waals surface area contributed by atoms with Crippen molar-refractivity contribution >= 4 is 23.1 Å². The molecule has 20 heavy (non-hydrogen) atoms. The minimum absolute atomic E-state index is 0.706. The van der Waals surface area contributed by atoms with E-state index in [1.165, 1.54) is 5.56 Å². The van der Waals surface area contributed by atoms with E-state index < -0.39 is 0 Å². The zero-order chi connectivity index (χ0) is 14.4. The largest absolute Gasteiger partial charge is 0.354 e. The van der Waals surface area contributed by atoms with Crippen molar-refractivity contribution in [1.82, 2.24) is 0 Å². The monoisotopic (exact) mass is 282 g/mol. The molecule has 0 aliphatic rings. The molecule has 0 saturated heterocycles. The summed E-state index contributed by atoms with van der Waals surface area (Å²) in [6.45, 7) is 2.18. The van der Waals surface area contributed by atoms with E-state index in [9.17, 15) is 5.26 Å². The quantitative estimate of drug-likeness (QED) is 0.786. The Bertz CT molecular complexity index is 612. The number of rotatable bonds is 5. The van der Waals surface area contributed by atoms with Crippen LogP contribution in [0, 0.1) is 11.3 Å². The van der Waals surface area contributed by atoms with Gasteiger partial charge in [0.15, 0.2) is 0 Å². The van der Waals surface area contributed by atoms with E-state index >= 15 is 0 Å². The lowest BCUT2D eigenvalue weighted by atomic mass is 10.1. The topological polar surface area (TPSA) is 35.8 Å². The first-order valence-corrected chi connectivity index (χ1v) is 7.94. The lowest BCUT2D eigenvalue weighted by Crippen LogP contribution is -1.95. The third kappa shape index (κ3) is 3.34. The Morgan fingerprint density at radius 1 is 1.15 bits per heavy atom. The van der Waals surface area contributed by atoms with Gasteiger partial charge in [-0.1, -0.05) is 31.5 Å². The van der Waals surface area contributed by atoms with Gasteiger partial charge in [0.05, 0.1) is 11.3 Å². The molecule has 2 nitrogen and oxygen atoms in total. The molecule has 0 aliphatic carbocycles. The van der Waals surface area contributed by atoms with Crippen LogP contribution in [0.15, 0.2) is 47.4 Å². The normalized spacial score (nSPS) is 10.1. The summed E-state index contributed by atoms with van der Waals surface area (Å²) in [5.74, 6) is 0. The van der Waals surface area contributed by atoms with Gasteiger partial charge in [0.1, 0.15) is 6.07 Å². The summed E-state index contributed by atoms with van der Waals surface area (Å²) in [4.78, 5) is 1.00. The average Bonchev–Trinajstić information content (AvgIpc) is 2.49. The maximum atomic E-state index is 9.32. The van der Waals surface area contributed by atoms with Crippen molar-refractivity contribution in [3.8, 4) is 6.07 Å². The summed E-state index contributed by atoms with van der Waals surface area (Å²) < 4.78 is 0. The zero-order valence-electron chi connectivity index (χ0n) is 11.8. The fourth-order valence-electron chi connectivity index (χ4n) is 2.12. The first kappa shape index (κ1) is 14.5. The van der Waals surface area contributed by atoms with Crippen molar-refractivity contribution in [3.63, 3.8) is 0 Å². The SMILES string of the molecule is CCCc1ccc(Nc2cccc(SC)c2C#N)cc1. The third-order valence-electron chi connectivity index (χ3n) is 3.13. The second-order valence-corrected chi connectivity index (χ2v) is 5.41. The van der Waals surface area contributed by atoms with Crippen LogP contribution in [-0.2, 0) is 6.42 Å². The van der Waals surface area contributed by atoms with Crippen LogP contribution in [0.4, 0.5) is 11.4 Å². The molecule has 0 bridgehead atoms. The Morgan fingerprint density at radius 3 is 2.50 bits per heavy atom. The van der Waals surface area contributed by atoms with E-state index in [1.54, 1.807) is 11.8 Å². The van der Waals surface area contributed by atoms with Crippen LogP contribution >= 0.6 is 11.8 Å². The second-order valence-electron chi connectivity index (χ2n) is 4.57. The summed E-state index contributed by atoms with van der Waals surface area (Å²) in [6, 6.07) is 16.6. The molecule has 1 N–H and O–H groups in total. The first-order chi connectivity index (χ1) is 9.78. The molecule has 0 fully saturated rings. The van der Waals surface area contributed by atoms with Gasteiger partial charge in [-0.3, -0.25) is 0 Å². The molecule has 3 heteroatoms. The Hall–Kier alpha value is -1.92. The molecule has 0 spiro atoms. The summed E-state index contributed by atoms with van der Waals surface area (Å²) in [5.41, 5.74) is 3.93. The number of anilines is 2. The zero-order valence-corrected chi connectivity index (χ0v) is 12.6. The van der Waals surface area contributed by atoms with Gasteiger partial charge in [0.25, 0.3) is 0 Å². The molecule has 2 aromatic rings. The number of nitriles is 1. The molecule has 0 unspecified atom stereocenters. The van der Waals surface area contributed by atoms with Gasteiger partial charge in [-0.25, -0.2) is 0 Å². The molecular formula is C17H18N2S. The van der Waals surface area contributed by atoms with E-state index in [0.717, 1.165) is 29.1 Å². The van der Waals surface area contributed by atoms with E-state index in [2.05, 4.69) is 42.6 Å². The lowest BCUT2D eigenvalue weighted by Gasteiger charge is -2.11. The van der Waals surface area contributed by atoms with Gasteiger partial charge in [0, 0.05) is 10.6 Å². The van der Waals surface area contributed by atoms with Crippen LogP contribution in [0.1, 0.15) is 24.5 Å². The first-order valence-electron chi connectivity index (χ1n) is 6.71. The van der Waals surface area contributed by atoms with E-state index in [0.29, 0.717) is 5.56 Å². The average molecular weight is 282 g/mol. The third-order valence-corrected chi connectivity index (χ3v) is 3.91. The number of hydrogen-bond acceptors (Lipinski definition) is 3. The smallest absolute Gasteiger partial charge is 0.103 e. The van der Waals surface area contributed by atoms with Gasteiger partial charge in [-0.15, -0.1) is 11.8 Å². The highest BCUT2D eigenvalue weighted by Gasteiger charge is 2.07. The number of nitrogens with one attached hydrogen (secondary N) is 1. The van der Waals surface area contributed by atoms with Crippen molar-refractivity contribution in [2.45, 2.75) is 24.7 Å². The van der Waals surface area contributed by atoms with Gasteiger partial charge in [-0.05, 0) is 42.5 Å². The van der Waals surface area contributed by atoms with Crippen molar-refractivity contribution in [2.75, 3.05) is 11.6 Å². The number of thioether (sulfide) groups is 1. The minimum atomic E-state index is 0.706. The van der Waals surface area contributed by atoms with Crippen LogP contribution in [-0.4, -0.2) is 6.26 Å². The van der Waals surface area contributed by atoms with Crippen LogP contribution in [0.5, 0.6) is 0 Å². The molecule has 2 aromatic carbocycles. The summed E-state index contributed by atoms with van der Waals surface area (Å²) >= 11 is 1.59. The summed E-state index contributed by atoms with van der Waals surface area (Å²) in [6.07, 6.45) is 4.24. The Labute approximate surface area is 124 Å². The molecule has 102 valence electrons. The predicted octanol–water partition coefficient (Wildman–Crippen LogP) is 4.98. The molecule has 0 heterocycles. The highest BCUT2D eigenvalue weighted by atomic mass is 32.2. The van der Waals surface area contributed by atoms with Crippen molar-refractivity contribution < 1.29 is 0 Å². The molecule has 0 amide bonds. The van der Waals surface area contributed by atoms with E-state index in [4.69, 9.17) is 0 Å². The molecule has 0 saturated carbocycles. The molecular weight excluding hydrogens is 264 g/mol.